The Morgan fingerprint density at radius 1 is 1.35 bits per heavy atom. The van der Waals surface area contributed by atoms with Crippen molar-refractivity contribution in [1.29, 1.82) is 0 Å². The zero-order valence-electron chi connectivity index (χ0n) is 13.9. The number of para-hydroxylation sites is 1. The molecule has 1 fully saturated rings. The first-order valence-corrected chi connectivity index (χ1v) is 8.46. The average Bonchev–Trinajstić information content (AvgIpc) is 2.51. The monoisotopic (exact) mass is 337 g/mol. The van der Waals surface area contributed by atoms with Gasteiger partial charge in [-0.15, -0.1) is 5.10 Å². The SMILES string of the molecule is CCOC(=O)C(=NNc1ccccc1Cl)N1C(C)CCCC1C. The van der Waals surface area contributed by atoms with Crippen molar-refractivity contribution < 1.29 is 9.53 Å². The van der Waals surface area contributed by atoms with E-state index in [0.717, 1.165) is 19.3 Å². The van der Waals surface area contributed by atoms with Crippen molar-refractivity contribution in [2.24, 2.45) is 5.10 Å². The van der Waals surface area contributed by atoms with Gasteiger partial charge in [0.25, 0.3) is 0 Å². The number of rotatable bonds is 3. The lowest BCUT2D eigenvalue weighted by molar-refractivity contribution is -0.136. The van der Waals surface area contributed by atoms with Crippen LogP contribution in [0.25, 0.3) is 0 Å². The number of esters is 1. The molecule has 2 unspecified atom stereocenters. The number of hydrogen-bond donors (Lipinski definition) is 1. The van der Waals surface area contributed by atoms with E-state index in [1.807, 2.05) is 23.1 Å². The van der Waals surface area contributed by atoms with Crippen molar-refractivity contribution in [1.82, 2.24) is 4.90 Å². The minimum absolute atomic E-state index is 0.245. The maximum atomic E-state index is 12.4. The van der Waals surface area contributed by atoms with Crippen LogP contribution >= 0.6 is 11.6 Å². The van der Waals surface area contributed by atoms with E-state index >= 15 is 0 Å². The first kappa shape index (κ1) is 17.6. The molecule has 1 aliphatic rings. The summed E-state index contributed by atoms with van der Waals surface area (Å²) in [4.78, 5) is 14.4. The molecule has 0 amide bonds. The van der Waals surface area contributed by atoms with E-state index in [0.29, 0.717) is 23.2 Å². The number of carbonyl (C=O) groups is 1. The van der Waals surface area contributed by atoms with Gasteiger partial charge in [0.1, 0.15) is 0 Å². The summed E-state index contributed by atoms with van der Waals surface area (Å²) >= 11 is 6.13. The van der Waals surface area contributed by atoms with Crippen LogP contribution in [0.1, 0.15) is 40.0 Å². The normalized spacial score (nSPS) is 21.9. The standard InChI is InChI=1S/C17H24ClN3O2/c1-4-23-17(22)16(21-12(2)8-7-9-13(21)3)20-19-15-11-6-5-10-14(15)18/h5-6,10-13,19H,4,7-9H2,1-3H3. The number of hydrazone groups is 1. The summed E-state index contributed by atoms with van der Waals surface area (Å²) in [6, 6.07) is 7.79. The second kappa shape index (κ2) is 8.20. The van der Waals surface area contributed by atoms with Crippen LogP contribution < -0.4 is 5.43 Å². The Balaban J connectivity index is 2.28. The second-order valence-corrected chi connectivity index (χ2v) is 6.19. The number of halogens is 1. The summed E-state index contributed by atoms with van der Waals surface area (Å²) in [5, 5.41) is 4.89. The second-order valence-electron chi connectivity index (χ2n) is 5.78. The molecule has 0 radical (unpaired) electrons. The first-order valence-electron chi connectivity index (χ1n) is 8.08. The van der Waals surface area contributed by atoms with Crippen molar-refractivity contribution in [3.8, 4) is 0 Å². The molecule has 1 aliphatic heterocycles. The van der Waals surface area contributed by atoms with Crippen LogP contribution in [-0.2, 0) is 9.53 Å². The molecule has 0 saturated carbocycles. The van der Waals surface area contributed by atoms with Crippen molar-refractivity contribution in [3.63, 3.8) is 0 Å². The van der Waals surface area contributed by atoms with Crippen LogP contribution in [0, 0.1) is 0 Å². The smallest absolute Gasteiger partial charge is 0.376 e. The quantitative estimate of drug-likeness (QED) is 0.393. The minimum Gasteiger partial charge on any atom is -0.460 e. The van der Waals surface area contributed by atoms with Crippen LogP contribution in [0.2, 0.25) is 5.02 Å². The summed E-state index contributed by atoms with van der Waals surface area (Å²) in [5.74, 6) is -0.0980. The van der Waals surface area contributed by atoms with Crippen molar-refractivity contribution in [2.45, 2.75) is 52.1 Å². The Hall–Kier alpha value is -1.75. The Kier molecular flexibility index (Phi) is 6.28. The molecule has 0 aromatic heterocycles. The van der Waals surface area contributed by atoms with Crippen molar-refractivity contribution in [2.75, 3.05) is 12.0 Å². The molecule has 1 heterocycles. The summed E-state index contributed by atoms with van der Waals surface area (Å²) in [6.07, 6.45) is 3.23. The Labute approximate surface area is 142 Å². The maximum Gasteiger partial charge on any atom is 0.376 e. The lowest BCUT2D eigenvalue weighted by Gasteiger charge is -2.40. The number of nitrogens with one attached hydrogen (secondary N) is 1. The van der Waals surface area contributed by atoms with Crippen LogP contribution in [-0.4, -0.2) is 35.4 Å². The number of hydrogen-bond acceptors (Lipinski definition) is 4. The highest BCUT2D eigenvalue weighted by Gasteiger charge is 2.32. The number of piperidine rings is 1. The molecule has 0 aliphatic carbocycles. The fourth-order valence-electron chi connectivity index (χ4n) is 2.91. The van der Waals surface area contributed by atoms with Crippen LogP contribution in [0.5, 0.6) is 0 Å². The van der Waals surface area contributed by atoms with Crippen LogP contribution in [0.4, 0.5) is 5.69 Å². The largest absolute Gasteiger partial charge is 0.460 e. The molecule has 1 aromatic rings. The summed E-state index contributed by atoms with van der Waals surface area (Å²) < 4.78 is 5.19. The third kappa shape index (κ3) is 4.38. The zero-order chi connectivity index (χ0) is 16.8. The van der Waals surface area contributed by atoms with E-state index in [4.69, 9.17) is 16.3 Å². The van der Waals surface area contributed by atoms with Gasteiger partial charge in [-0.2, -0.15) is 0 Å². The van der Waals surface area contributed by atoms with Gasteiger partial charge in [0, 0.05) is 12.1 Å². The molecule has 1 saturated heterocycles. The zero-order valence-corrected chi connectivity index (χ0v) is 14.6. The van der Waals surface area contributed by atoms with E-state index < -0.39 is 5.97 Å². The van der Waals surface area contributed by atoms with Crippen LogP contribution in [0.15, 0.2) is 29.4 Å². The lowest BCUT2D eigenvalue weighted by Crippen LogP contribution is -2.51. The Morgan fingerprint density at radius 2 is 2.00 bits per heavy atom. The summed E-state index contributed by atoms with van der Waals surface area (Å²) in [7, 11) is 0. The van der Waals surface area contributed by atoms with Gasteiger partial charge in [-0.25, -0.2) is 4.79 Å². The summed E-state index contributed by atoms with van der Waals surface area (Å²) in [5.41, 5.74) is 3.56. The third-order valence-electron chi connectivity index (χ3n) is 4.05. The van der Waals surface area contributed by atoms with Gasteiger partial charge in [-0.05, 0) is 52.2 Å². The molecule has 2 atom stereocenters. The van der Waals surface area contributed by atoms with Gasteiger partial charge in [-0.1, -0.05) is 23.7 Å². The number of anilines is 1. The van der Waals surface area contributed by atoms with E-state index in [9.17, 15) is 4.79 Å². The predicted molar refractivity (Wildman–Crippen MR) is 93.8 cm³/mol. The van der Waals surface area contributed by atoms with Gasteiger partial charge in [0.2, 0.25) is 5.84 Å². The number of nitrogens with zero attached hydrogens (tertiary/aromatic N) is 2. The Morgan fingerprint density at radius 3 is 2.61 bits per heavy atom. The molecule has 0 bridgehead atoms. The van der Waals surface area contributed by atoms with Gasteiger partial charge in [0.15, 0.2) is 0 Å². The predicted octanol–water partition coefficient (Wildman–Crippen LogP) is 3.89. The minimum atomic E-state index is -0.410. The lowest BCUT2D eigenvalue weighted by atomic mass is 9.97. The Bertz CT molecular complexity index is 567. The van der Waals surface area contributed by atoms with Crippen molar-refractivity contribution >= 4 is 29.1 Å². The van der Waals surface area contributed by atoms with Crippen LogP contribution in [0.3, 0.4) is 0 Å². The fourth-order valence-corrected chi connectivity index (χ4v) is 3.09. The molecular weight excluding hydrogens is 314 g/mol. The molecular formula is C17H24ClN3O2. The number of carbonyl (C=O) groups excluding carboxylic acids is 1. The number of benzene rings is 1. The topological polar surface area (TPSA) is 53.9 Å². The fraction of sp³-hybridized carbons (Fsp3) is 0.529. The van der Waals surface area contributed by atoms with Gasteiger partial charge >= 0.3 is 5.97 Å². The highest BCUT2D eigenvalue weighted by Crippen LogP contribution is 2.24. The van der Waals surface area contributed by atoms with E-state index in [2.05, 4.69) is 24.4 Å². The number of likely N-dealkylation sites (tertiary alicyclic amines) is 1. The van der Waals surface area contributed by atoms with Gasteiger partial charge < -0.3 is 9.64 Å². The van der Waals surface area contributed by atoms with Crippen molar-refractivity contribution in [3.05, 3.63) is 29.3 Å². The molecule has 2 rings (SSSR count). The first-order chi connectivity index (χ1) is 11.0. The van der Waals surface area contributed by atoms with Gasteiger partial charge in [0.05, 0.1) is 17.3 Å². The third-order valence-corrected chi connectivity index (χ3v) is 4.38. The molecule has 23 heavy (non-hydrogen) atoms. The molecule has 126 valence electrons. The molecule has 0 spiro atoms. The maximum absolute atomic E-state index is 12.4. The molecule has 5 nitrogen and oxygen atoms in total. The molecule has 6 heteroatoms. The number of ether oxygens (including phenoxy) is 1. The van der Waals surface area contributed by atoms with Gasteiger partial charge in [-0.3, -0.25) is 5.43 Å². The highest BCUT2D eigenvalue weighted by molar-refractivity contribution is 6.36. The highest BCUT2D eigenvalue weighted by atomic mass is 35.5. The van der Waals surface area contributed by atoms with E-state index in [1.54, 1.807) is 13.0 Å². The average molecular weight is 338 g/mol. The number of amidine groups is 1. The molecule has 1 aromatic carbocycles. The van der Waals surface area contributed by atoms with E-state index in [1.165, 1.54) is 0 Å². The van der Waals surface area contributed by atoms with E-state index in [-0.39, 0.29) is 12.1 Å². The molecule has 1 N–H and O–H groups in total. The summed E-state index contributed by atoms with van der Waals surface area (Å²) in [6.45, 7) is 6.33.